The van der Waals surface area contributed by atoms with E-state index in [1.54, 1.807) is 6.29 Å². The molecular formula is C7H3ClO2. The predicted octanol–water partition coefficient (Wildman–Crippen LogP) is 1.94. The molecule has 0 saturated heterocycles. The first kappa shape index (κ1) is 7.09. The van der Waals surface area contributed by atoms with Crippen LogP contribution in [-0.4, -0.2) is 6.29 Å². The summed E-state index contributed by atoms with van der Waals surface area (Å²) in [5.41, 5.74) is 0.192. The summed E-state index contributed by atoms with van der Waals surface area (Å²) in [5.74, 6) is -0.272. The van der Waals surface area contributed by atoms with Gasteiger partial charge >= 0.3 is 0 Å². The molecule has 50 valence electrons. The maximum Gasteiger partial charge on any atom is 0.233 e. The molecule has 0 atom stereocenters. The van der Waals surface area contributed by atoms with Gasteiger partial charge in [-0.25, -0.2) is 0 Å². The fourth-order valence-corrected chi connectivity index (χ4v) is 0.847. The quantitative estimate of drug-likeness (QED) is 0.609. The van der Waals surface area contributed by atoms with Crippen molar-refractivity contribution in [3.05, 3.63) is 28.8 Å². The van der Waals surface area contributed by atoms with Crippen molar-refractivity contribution in [1.29, 1.82) is 0 Å². The van der Waals surface area contributed by atoms with E-state index in [0.717, 1.165) is 0 Å². The Morgan fingerprint density at radius 3 is 2.50 bits per heavy atom. The summed E-state index contributed by atoms with van der Waals surface area (Å²) >= 11 is 5.45. The second-order valence-electron chi connectivity index (χ2n) is 1.78. The fourth-order valence-electron chi connectivity index (χ4n) is 0.622. The maximum absolute atomic E-state index is 10.6. The van der Waals surface area contributed by atoms with Gasteiger partial charge in [-0.2, -0.15) is 0 Å². The van der Waals surface area contributed by atoms with E-state index in [4.69, 9.17) is 11.6 Å². The Morgan fingerprint density at radius 2 is 2.00 bits per heavy atom. The SMILES string of the molecule is [O]c1cc(Cl)cc([C]=O)c1. The molecule has 0 heterocycles. The molecule has 3 heteroatoms. The van der Waals surface area contributed by atoms with Crippen LogP contribution in [-0.2, 0) is 9.90 Å². The second kappa shape index (κ2) is 2.71. The van der Waals surface area contributed by atoms with E-state index in [-0.39, 0.29) is 16.3 Å². The van der Waals surface area contributed by atoms with Crippen LogP contribution in [0.5, 0.6) is 5.75 Å². The first-order chi connectivity index (χ1) is 4.72. The Kier molecular flexibility index (Phi) is 1.92. The standard InChI is InChI=1S/C7H3ClO2/c8-6-1-5(4-9)2-7(10)3-6/h1-3H. The molecule has 1 rings (SSSR count). The van der Waals surface area contributed by atoms with Crippen molar-refractivity contribution in [2.24, 2.45) is 0 Å². The van der Waals surface area contributed by atoms with Crippen molar-refractivity contribution in [3.8, 4) is 5.75 Å². The summed E-state index contributed by atoms with van der Waals surface area (Å²) in [5, 5.41) is 10.9. The van der Waals surface area contributed by atoms with E-state index in [1.807, 2.05) is 0 Å². The lowest BCUT2D eigenvalue weighted by Gasteiger charge is -1.90. The third-order valence-corrected chi connectivity index (χ3v) is 1.21. The molecule has 0 aliphatic heterocycles. The monoisotopic (exact) mass is 154 g/mol. The number of halogens is 1. The van der Waals surface area contributed by atoms with Crippen LogP contribution in [0.3, 0.4) is 0 Å². The Morgan fingerprint density at radius 1 is 1.30 bits per heavy atom. The van der Waals surface area contributed by atoms with Crippen LogP contribution in [0.15, 0.2) is 18.2 Å². The van der Waals surface area contributed by atoms with Crippen LogP contribution in [0, 0.1) is 0 Å². The van der Waals surface area contributed by atoms with Crippen molar-refractivity contribution in [3.63, 3.8) is 0 Å². The van der Waals surface area contributed by atoms with Crippen molar-refractivity contribution < 1.29 is 9.90 Å². The van der Waals surface area contributed by atoms with Gasteiger partial charge in [-0.1, -0.05) is 11.6 Å². The van der Waals surface area contributed by atoms with Crippen molar-refractivity contribution in [2.45, 2.75) is 0 Å². The van der Waals surface area contributed by atoms with Crippen molar-refractivity contribution in [2.75, 3.05) is 0 Å². The zero-order chi connectivity index (χ0) is 7.56. The molecular weight excluding hydrogens is 152 g/mol. The molecule has 0 N–H and O–H groups in total. The molecule has 1 aromatic carbocycles. The highest BCUT2D eigenvalue weighted by Crippen LogP contribution is 2.18. The average Bonchev–Trinajstić information content (AvgIpc) is 1.85. The van der Waals surface area contributed by atoms with Crippen molar-refractivity contribution >= 4 is 17.9 Å². The van der Waals surface area contributed by atoms with E-state index in [0.29, 0.717) is 0 Å². The summed E-state index contributed by atoms with van der Waals surface area (Å²) in [7, 11) is 0. The van der Waals surface area contributed by atoms with Gasteiger partial charge in [-0.3, -0.25) is 9.90 Å². The molecule has 2 nitrogen and oxygen atoms in total. The summed E-state index contributed by atoms with van der Waals surface area (Å²) in [6.07, 6.45) is 1.57. The molecule has 0 fully saturated rings. The predicted molar refractivity (Wildman–Crippen MR) is 36.4 cm³/mol. The lowest BCUT2D eigenvalue weighted by molar-refractivity contribution is 0.355. The van der Waals surface area contributed by atoms with Crippen LogP contribution >= 0.6 is 11.6 Å². The zero-order valence-corrected chi connectivity index (χ0v) is 5.68. The summed E-state index contributed by atoms with van der Waals surface area (Å²) in [4.78, 5) is 9.99. The molecule has 0 spiro atoms. The summed E-state index contributed by atoms with van der Waals surface area (Å²) < 4.78 is 0. The third kappa shape index (κ3) is 1.48. The third-order valence-electron chi connectivity index (χ3n) is 0.989. The highest BCUT2D eigenvalue weighted by atomic mass is 35.5. The van der Waals surface area contributed by atoms with Gasteiger partial charge in [0, 0.05) is 16.7 Å². The minimum absolute atomic E-state index is 0.192. The van der Waals surface area contributed by atoms with Crippen LogP contribution in [0.2, 0.25) is 5.02 Å². The summed E-state index contributed by atoms with van der Waals surface area (Å²) in [6.45, 7) is 0. The normalized spacial score (nSPS) is 9.30. The largest absolute Gasteiger partial charge is 0.290 e. The number of hydrogen-bond donors (Lipinski definition) is 0. The molecule has 0 unspecified atom stereocenters. The van der Waals surface area contributed by atoms with Gasteiger partial charge in [-0.15, -0.1) is 0 Å². The zero-order valence-electron chi connectivity index (χ0n) is 4.93. The average molecular weight is 155 g/mol. The number of hydrogen-bond acceptors (Lipinski definition) is 1. The molecule has 0 aliphatic rings. The van der Waals surface area contributed by atoms with E-state index in [9.17, 15) is 9.90 Å². The lowest BCUT2D eigenvalue weighted by atomic mass is 10.2. The van der Waals surface area contributed by atoms with E-state index in [1.165, 1.54) is 18.2 Å². The maximum atomic E-state index is 10.6. The van der Waals surface area contributed by atoms with Crippen LogP contribution in [0.1, 0.15) is 5.56 Å². The number of carbonyl (C=O) groups excluding carboxylic acids is 1. The smallest absolute Gasteiger partial charge is 0.233 e. The molecule has 2 radical (unpaired) electrons. The van der Waals surface area contributed by atoms with Gasteiger partial charge in [0.1, 0.15) is 0 Å². The molecule has 0 aromatic heterocycles. The molecule has 0 aliphatic carbocycles. The van der Waals surface area contributed by atoms with Crippen LogP contribution in [0.25, 0.3) is 0 Å². The van der Waals surface area contributed by atoms with Crippen LogP contribution < -0.4 is 0 Å². The van der Waals surface area contributed by atoms with Crippen LogP contribution in [0.4, 0.5) is 0 Å². The lowest BCUT2D eigenvalue weighted by Crippen LogP contribution is -1.77. The summed E-state index contributed by atoms with van der Waals surface area (Å²) in [6, 6.07) is 3.80. The number of benzene rings is 1. The van der Waals surface area contributed by atoms with Gasteiger partial charge < -0.3 is 0 Å². The molecule has 0 bridgehead atoms. The van der Waals surface area contributed by atoms with E-state index < -0.39 is 0 Å². The Hall–Kier alpha value is -1.02. The number of rotatable bonds is 1. The van der Waals surface area contributed by atoms with Gasteiger partial charge in [0.05, 0.1) is 0 Å². The Bertz CT molecular complexity index is 238. The van der Waals surface area contributed by atoms with Crippen molar-refractivity contribution in [1.82, 2.24) is 0 Å². The first-order valence-electron chi connectivity index (χ1n) is 2.58. The topological polar surface area (TPSA) is 37.0 Å². The first-order valence-corrected chi connectivity index (χ1v) is 2.96. The molecule has 0 saturated carbocycles. The van der Waals surface area contributed by atoms with Gasteiger partial charge in [0.25, 0.3) is 0 Å². The van der Waals surface area contributed by atoms with Gasteiger partial charge in [0.15, 0.2) is 5.75 Å². The molecule has 1 aromatic rings. The molecule has 0 amide bonds. The molecule has 10 heavy (non-hydrogen) atoms. The van der Waals surface area contributed by atoms with E-state index in [2.05, 4.69) is 0 Å². The second-order valence-corrected chi connectivity index (χ2v) is 2.21. The minimum atomic E-state index is -0.272. The Balaban J connectivity index is 3.18. The van der Waals surface area contributed by atoms with E-state index >= 15 is 0 Å². The highest BCUT2D eigenvalue weighted by molar-refractivity contribution is 6.31. The fraction of sp³-hybridized carbons (Fsp3) is 0. The minimum Gasteiger partial charge on any atom is -0.290 e. The van der Waals surface area contributed by atoms with Gasteiger partial charge in [-0.05, 0) is 12.1 Å². The van der Waals surface area contributed by atoms with Gasteiger partial charge in [0.2, 0.25) is 6.29 Å². The highest BCUT2D eigenvalue weighted by Gasteiger charge is 1.97. The Labute approximate surface area is 63.1 Å².